The zero-order valence-electron chi connectivity index (χ0n) is 19.7. The van der Waals surface area contributed by atoms with Crippen LogP contribution < -0.4 is 0 Å². The molecule has 9 aromatic rings. The van der Waals surface area contributed by atoms with Crippen LogP contribution in [0.2, 0.25) is 0 Å². The molecular weight excluding hydrogens is 470 g/mol. The quantitative estimate of drug-likeness (QED) is 0.224. The first-order valence-electron chi connectivity index (χ1n) is 12.5. The van der Waals surface area contributed by atoms with E-state index in [1.165, 1.54) is 52.9 Å². The van der Waals surface area contributed by atoms with Gasteiger partial charge in [0.25, 0.3) is 0 Å². The fourth-order valence-electron chi connectivity index (χ4n) is 6.05. The molecule has 0 fully saturated rings. The molecule has 0 unspecified atom stereocenters. The second kappa shape index (κ2) is 7.00. The molecular formula is C34H19NOS. The molecule has 2 nitrogen and oxygen atoms in total. The van der Waals surface area contributed by atoms with E-state index in [-0.39, 0.29) is 0 Å². The first-order valence-corrected chi connectivity index (χ1v) is 13.3. The van der Waals surface area contributed by atoms with Gasteiger partial charge in [-0.1, -0.05) is 60.7 Å². The van der Waals surface area contributed by atoms with E-state index in [0.29, 0.717) is 0 Å². The van der Waals surface area contributed by atoms with Crippen molar-refractivity contribution >= 4 is 86.0 Å². The van der Waals surface area contributed by atoms with Crippen molar-refractivity contribution < 1.29 is 4.42 Å². The van der Waals surface area contributed by atoms with Crippen molar-refractivity contribution in [2.75, 3.05) is 0 Å². The Labute approximate surface area is 215 Å². The van der Waals surface area contributed by atoms with Crippen LogP contribution in [0.25, 0.3) is 80.4 Å². The molecule has 0 saturated carbocycles. The Hall–Kier alpha value is -4.60. The van der Waals surface area contributed by atoms with Crippen molar-refractivity contribution in [3.63, 3.8) is 0 Å². The minimum atomic E-state index is 0.922. The largest absolute Gasteiger partial charge is 0.456 e. The van der Waals surface area contributed by atoms with Crippen LogP contribution in [0, 0.1) is 0 Å². The number of fused-ring (bicyclic) bond motifs is 10. The van der Waals surface area contributed by atoms with Crippen LogP contribution in [-0.2, 0) is 0 Å². The van der Waals surface area contributed by atoms with Gasteiger partial charge >= 0.3 is 0 Å². The third-order valence-electron chi connectivity index (χ3n) is 7.75. The Morgan fingerprint density at radius 3 is 2.14 bits per heavy atom. The van der Waals surface area contributed by atoms with Crippen LogP contribution in [0.5, 0.6) is 0 Å². The van der Waals surface area contributed by atoms with Crippen molar-refractivity contribution in [3.05, 3.63) is 115 Å². The van der Waals surface area contributed by atoms with Gasteiger partial charge in [-0.25, -0.2) is 0 Å². The molecule has 3 heterocycles. The van der Waals surface area contributed by atoms with E-state index in [4.69, 9.17) is 4.42 Å². The molecule has 0 saturated heterocycles. The zero-order chi connectivity index (χ0) is 24.1. The molecule has 0 amide bonds. The van der Waals surface area contributed by atoms with Crippen LogP contribution in [0.1, 0.15) is 0 Å². The van der Waals surface area contributed by atoms with Gasteiger partial charge in [0.15, 0.2) is 0 Å². The molecule has 0 N–H and O–H groups in total. The van der Waals surface area contributed by atoms with Gasteiger partial charge in [-0.05, 0) is 59.3 Å². The number of thiophene rings is 1. The molecule has 0 aliphatic rings. The SMILES string of the molecule is c1ccc2cc3c(cc2c1)sc1ccc(-n2c4ccccc4c4cc5c(cc42)oc2ccccc25)cc13. The molecule has 0 atom stereocenters. The molecule has 3 heteroatoms. The summed E-state index contributed by atoms with van der Waals surface area (Å²) in [4.78, 5) is 0. The molecule has 0 aliphatic carbocycles. The maximum atomic E-state index is 6.29. The summed E-state index contributed by atoms with van der Waals surface area (Å²) in [6.45, 7) is 0. The van der Waals surface area contributed by atoms with E-state index in [2.05, 4.69) is 108 Å². The Morgan fingerprint density at radius 2 is 1.22 bits per heavy atom. The van der Waals surface area contributed by atoms with Crippen molar-refractivity contribution in [3.8, 4) is 5.69 Å². The number of benzene rings is 6. The summed E-state index contributed by atoms with van der Waals surface area (Å²) in [5, 5.41) is 10.0. The van der Waals surface area contributed by atoms with E-state index in [1.807, 2.05) is 23.5 Å². The van der Waals surface area contributed by atoms with Gasteiger partial charge in [-0.2, -0.15) is 0 Å². The topological polar surface area (TPSA) is 18.1 Å². The zero-order valence-corrected chi connectivity index (χ0v) is 20.5. The fraction of sp³-hybridized carbons (Fsp3) is 0. The Bertz CT molecular complexity index is 2370. The van der Waals surface area contributed by atoms with Gasteiger partial charge in [-0.3, -0.25) is 0 Å². The first kappa shape index (κ1) is 19.6. The van der Waals surface area contributed by atoms with Crippen molar-refractivity contribution in [1.29, 1.82) is 0 Å². The summed E-state index contributed by atoms with van der Waals surface area (Å²) in [5.74, 6) is 0. The van der Waals surface area contributed by atoms with Gasteiger partial charge in [-0.15, -0.1) is 11.3 Å². The third-order valence-corrected chi connectivity index (χ3v) is 8.88. The Morgan fingerprint density at radius 1 is 0.459 bits per heavy atom. The number of para-hydroxylation sites is 2. The van der Waals surface area contributed by atoms with Gasteiger partial charge in [0.05, 0.1) is 11.0 Å². The second-order valence-corrected chi connectivity index (χ2v) is 10.9. The predicted octanol–water partition coefficient (Wildman–Crippen LogP) is 10.2. The number of hydrogen-bond acceptors (Lipinski definition) is 2. The molecule has 172 valence electrons. The number of hydrogen-bond donors (Lipinski definition) is 0. The van der Waals surface area contributed by atoms with Crippen molar-refractivity contribution in [2.24, 2.45) is 0 Å². The highest BCUT2D eigenvalue weighted by molar-refractivity contribution is 7.25. The second-order valence-electron chi connectivity index (χ2n) is 9.79. The van der Waals surface area contributed by atoms with E-state index in [0.717, 1.165) is 27.5 Å². The normalized spacial score (nSPS) is 12.3. The van der Waals surface area contributed by atoms with E-state index < -0.39 is 0 Å². The lowest BCUT2D eigenvalue weighted by Crippen LogP contribution is -1.93. The van der Waals surface area contributed by atoms with E-state index in [1.54, 1.807) is 0 Å². The Kier molecular flexibility index (Phi) is 3.70. The highest BCUT2D eigenvalue weighted by Crippen LogP contribution is 2.41. The fourth-order valence-corrected chi connectivity index (χ4v) is 7.17. The van der Waals surface area contributed by atoms with Crippen LogP contribution in [-0.4, -0.2) is 4.57 Å². The molecule has 3 aromatic heterocycles. The third kappa shape index (κ3) is 2.64. The summed E-state index contributed by atoms with van der Waals surface area (Å²) in [6, 6.07) is 41.7. The predicted molar refractivity (Wildman–Crippen MR) is 158 cm³/mol. The lowest BCUT2D eigenvalue weighted by atomic mass is 10.1. The lowest BCUT2D eigenvalue weighted by Gasteiger charge is -2.08. The van der Waals surface area contributed by atoms with Crippen molar-refractivity contribution in [1.82, 2.24) is 4.57 Å². The van der Waals surface area contributed by atoms with Gasteiger partial charge in [0, 0.05) is 53.5 Å². The molecule has 0 aliphatic heterocycles. The van der Waals surface area contributed by atoms with Gasteiger partial charge in [0.1, 0.15) is 11.2 Å². The van der Waals surface area contributed by atoms with E-state index >= 15 is 0 Å². The highest BCUT2D eigenvalue weighted by Gasteiger charge is 2.17. The number of rotatable bonds is 1. The minimum Gasteiger partial charge on any atom is -0.456 e. The summed E-state index contributed by atoms with van der Waals surface area (Å²) in [5.41, 5.74) is 5.39. The standard InChI is InChI=1S/C34H19NOS/c1-2-8-21-16-34-27(15-20(21)7-1)28-17-22(13-14-33(28)37-34)35-29-11-5-3-9-23(29)25-18-26-24-10-4-6-12-31(24)36-32(26)19-30(25)35/h1-19H. The van der Waals surface area contributed by atoms with Crippen LogP contribution in [0.4, 0.5) is 0 Å². The summed E-state index contributed by atoms with van der Waals surface area (Å²) in [6.07, 6.45) is 0. The van der Waals surface area contributed by atoms with E-state index in [9.17, 15) is 0 Å². The monoisotopic (exact) mass is 489 g/mol. The Balaban J connectivity index is 1.39. The highest BCUT2D eigenvalue weighted by atomic mass is 32.1. The van der Waals surface area contributed by atoms with Gasteiger partial charge < -0.3 is 8.98 Å². The van der Waals surface area contributed by atoms with Crippen LogP contribution >= 0.6 is 11.3 Å². The molecule has 9 rings (SSSR count). The smallest absolute Gasteiger partial charge is 0.137 e. The van der Waals surface area contributed by atoms with Crippen molar-refractivity contribution in [2.45, 2.75) is 0 Å². The molecule has 0 bridgehead atoms. The molecule has 37 heavy (non-hydrogen) atoms. The maximum Gasteiger partial charge on any atom is 0.137 e. The summed E-state index contributed by atoms with van der Waals surface area (Å²) < 4.78 is 11.3. The number of furan rings is 1. The minimum absolute atomic E-state index is 0.922. The summed E-state index contributed by atoms with van der Waals surface area (Å²) >= 11 is 1.87. The first-order chi connectivity index (χ1) is 18.3. The average molecular weight is 490 g/mol. The van der Waals surface area contributed by atoms with Crippen LogP contribution in [0.3, 0.4) is 0 Å². The van der Waals surface area contributed by atoms with Crippen LogP contribution in [0.15, 0.2) is 120 Å². The number of aromatic nitrogens is 1. The average Bonchev–Trinajstić information content (AvgIpc) is 3.59. The molecule has 0 radical (unpaired) electrons. The lowest BCUT2D eigenvalue weighted by molar-refractivity contribution is 0.669. The molecule has 6 aromatic carbocycles. The van der Waals surface area contributed by atoms with Gasteiger partial charge in [0.2, 0.25) is 0 Å². The summed E-state index contributed by atoms with van der Waals surface area (Å²) in [7, 11) is 0. The molecule has 0 spiro atoms. The maximum absolute atomic E-state index is 6.29. The number of nitrogens with zero attached hydrogens (tertiary/aromatic N) is 1.